The van der Waals surface area contributed by atoms with Crippen LogP contribution in [0.25, 0.3) is 6.08 Å². The molecule has 1 saturated heterocycles. The second kappa shape index (κ2) is 8.81. The van der Waals surface area contributed by atoms with E-state index in [4.69, 9.17) is 4.42 Å². The molecule has 146 valence electrons. The predicted octanol–water partition coefficient (Wildman–Crippen LogP) is 5.32. The van der Waals surface area contributed by atoms with Crippen molar-refractivity contribution in [2.24, 2.45) is 10.2 Å². The minimum atomic E-state index is -0.226. The summed E-state index contributed by atoms with van der Waals surface area (Å²) in [7, 11) is 0. The van der Waals surface area contributed by atoms with Crippen LogP contribution < -0.4 is 0 Å². The van der Waals surface area contributed by atoms with Crippen LogP contribution in [0.2, 0.25) is 0 Å². The number of thioether (sulfide) groups is 1. The number of phenolic OH excluding ortho intramolecular Hbond substituents is 1. The molecule has 4 rings (SSSR count). The molecule has 3 aromatic rings. The molecule has 1 amide bonds. The van der Waals surface area contributed by atoms with E-state index in [9.17, 15) is 9.90 Å². The summed E-state index contributed by atoms with van der Waals surface area (Å²) in [5.74, 6) is 0.504. The van der Waals surface area contributed by atoms with Gasteiger partial charge in [-0.2, -0.15) is 5.10 Å². The number of aromatic hydroxyl groups is 1. The second-order valence-electron chi connectivity index (χ2n) is 5.93. The number of rotatable bonds is 5. The lowest BCUT2D eigenvalue weighted by molar-refractivity contribution is -0.122. The maximum atomic E-state index is 13.0. The Hall–Kier alpha value is -2.62. The van der Waals surface area contributed by atoms with Crippen molar-refractivity contribution in [3.05, 3.63) is 79.7 Å². The summed E-state index contributed by atoms with van der Waals surface area (Å²) < 4.78 is 6.19. The summed E-state index contributed by atoms with van der Waals surface area (Å²) in [5, 5.41) is 20.9. The number of furan rings is 1. The highest BCUT2D eigenvalue weighted by Crippen LogP contribution is 2.35. The second-order valence-corrected chi connectivity index (χ2v) is 8.83. The Bertz CT molecular complexity index is 1110. The molecule has 0 saturated carbocycles. The first-order valence-corrected chi connectivity index (χ1v) is 11.0. The van der Waals surface area contributed by atoms with Gasteiger partial charge < -0.3 is 9.52 Å². The van der Waals surface area contributed by atoms with Crippen LogP contribution in [-0.4, -0.2) is 27.3 Å². The van der Waals surface area contributed by atoms with Crippen molar-refractivity contribution in [3.8, 4) is 5.75 Å². The lowest BCUT2D eigenvalue weighted by Crippen LogP contribution is -2.28. The van der Waals surface area contributed by atoms with Crippen molar-refractivity contribution in [1.82, 2.24) is 4.90 Å². The van der Waals surface area contributed by atoms with Crippen molar-refractivity contribution in [2.45, 2.75) is 6.54 Å². The van der Waals surface area contributed by atoms with Gasteiger partial charge in [-0.15, -0.1) is 16.4 Å². The van der Waals surface area contributed by atoms with Crippen LogP contribution in [0.5, 0.6) is 5.75 Å². The molecular formula is C20H14BrN3O3S2. The van der Waals surface area contributed by atoms with E-state index >= 15 is 0 Å². The molecule has 3 heterocycles. The molecule has 0 bridgehead atoms. The van der Waals surface area contributed by atoms with Crippen LogP contribution in [0, 0.1) is 0 Å². The molecule has 6 nitrogen and oxygen atoms in total. The number of hydrogen-bond acceptors (Lipinski definition) is 7. The fourth-order valence-electron chi connectivity index (χ4n) is 2.56. The third-order valence-corrected chi connectivity index (χ3v) is 6.23. The van der Waals surface area contributed by atoms with E-state index in [0.29, 0.717) is 21.4 Å². The summed E-state index contributed by atoms with van der Waals surface area (Å²) in [6, 6.07) is 12.5. The molecule has 0 aliphatic carbocycles. The Morgan fingerprint density at radius 1 is 1.24 bits per heavy atom. The number of benzene rings is 1. The minimum absolute atomic E-state index is 0.0905. The molecule has 0 atom stereocenters. The summed E-state index contributed by atoms with van der Waals surface area (Å²) in [5.41, 5.74) is 0.538. The number of amidine groups is 1. The Morgan fingerprint density at radius 3 is 2.90 bits per heavy atom. The Balaban J connectivity index is 1.65. The number of amides is 1. The Kier molecular flexibility index (Phi) is 5.98. The number of nitrogens with zero attached hydrogens (tertiary/aromatic N) is 3. The van der Waals surface area contributed by atoms with Gasteiger partial charge in [0, 0.05) is 14.9 Å². The van der Waals surface area contributed by atoms with E-state index < -0.39 is 0 Å². The molecule has 1 aliphatic heterocycles. The van der Waals surface area contributed by atoms with E-state index in [1.165, 1.54) is 16.7 Å². The summed E-state index contributed by atoms with van der Waals surface area (Å²) in [6.07, 6.45) is 4.86. The maximum Gasteiger partial charge on any atom is 0.267 e. The van der Waals surface area contributed by atoms with Crippen LogP contribution in [0.15, 0.2) is 78.1 Å². The zero-order valence-corrected chi connectivity index (χ0v) is 18.1. The first-order valence-electron chi connectivity index (χ1n) is 8.47. The lowest BCUT2D eigenvalue weighted by atomic mass is 10.2. The number of phenols is 1. The van der Waals surface area contributed by atoms with Crippen LogP contribution >= 0.6 is 39.0 Å². The number of carbonyl (C=O) groups excluding carboxylic acids is 1. The van der Waals surface area contributed by atoms with E-state index in [-0.39, 0.29) is 18.2 Å². The molecule has 0 spiro atoms. The van der Waals surface area contributed by atoms with Gasteiger partial charge in [0.05, 0.1) is 23.9 Å². The average Bonchev–Trinajstić information content (AvgIpc) is 3.45. The fraction of sp³-hybridized carbons (Fsp3) is 0.0500. The molecule has 2 aromatic heterocycles. The van der Waals surface area contributed by atoms with Crippen molar-refractivity contribution < 1.29 is 14.3 Å². The lowest BCUT2D eigenvalue weighted by Gasteiger charge is -2.12. The van der Waals surface area contributed by atoms with Crippen molar-refractivity contribution in [2.75, 3.05) is 0 Å². The molecular weight excluding hydrogens is 474 g/mol. The minimum Gasteiger partial charge on any atom is -0.507 e. The quantitative estimate of drug-likeness (QED) is 0.300. The summed E-state index contributed by atoms with van der Waals surface area (Å²) in [6.45, 7) is 0.244. The molecule has 1 aromatic carbocycles. The molecule has 1 fully saturated rings. The first-order chi connectivity index (χ1) is 14.1. The monoisotopic (exact) mass is 487 g/mol. The Morgan fingerprint density at radius 2 is 2.14 bits per heavy atom. The number of thiophene rings is 1. The molecule has 9 heteroatoms. The molecule has 0 radical (unpaired) electrons. The molecule has 1 N–H and O–H groups in total. The average molecular weight is 488 g/mol. The van der Waals surface area contributed by atoms with Gasteiger partial charge in [-0.1, -0.05) is 22.0 Å². The van der Waals surface area contributed by atoms with Gasteiger partial charge in [0.15, 0.2) is 5.17 Å². The molecule has 1 aliphatic rings. The SMILES string of the molecule is O=C1/C(=C/c2cc(Br)ccc2O)S/C(=N/N=C\c2cccs2)N1Cc1ccco1. The van der Waals surface area contributed by atoms with Crippen molar-refractivity contribution >= 4 is 62.4 Å². The van der Waals surface area contributed by atoms with Gasteiger partial charge in [-0.05, 0) is 59.6 Å². The fourth-order valence-corrected chi connectivity index (χ4v) is 4.45. The van der Waals surface area contributed by atoms with E-state index in [1.54, 1.807) is 60.2 Å². The third kappa shape index (κ3) is 4.69. The zero-order chi connectivity index (χ0) is 20.2. The Labute approximate surface area is 183 Å². The highest BCUT2D eigenvalue weighted by molar-refractivity contribution is 9.10. The van der Waals surface area contributed by atoms with Crippen molar-refractivity contribution in [1.29, 1.82) is 0 Å². The largest absolute Gasteiger partial charge is 0.507 e. The smallest absolute Gasteiger partial charge is 0.267 e. The van der Waals surface area contributed by atoms with Gasteiger partial charge in [0.1, 0.15) is 11.5 Å². The number of carbonyl (C=O) groups is 1. The predicted molar refractivity (Wildman–Crippen MR) is 120 cm³/mol. The summed E-state index contributed by atoms with van der Waals surface area (Å²) in [4.78, 5) is 15.9. The zero-order valence-electron chi connectivity index (χ0n) is 14.9. The highest BCUT2D eigenvalue weighted by Gasteiger charge is 2.34. The topological polar surface area (TPSA) is 78.4 Å². The van der Waals surface area contributed by atoms with Gasteiger partial charge >= 0.3 is 0 Å². The molecule has 0 unspecified atom stereocenters. The number of hydrogen-bond donors (Lipinski definition) is 1. The molecule has 29 heavy (non-hydrogen) atoms. The number of halogens is 1. The van der Waals surface area contributed by atoms with E-state index in [2.05, 4.69) is 26.1 Å². The summed E-state index contributed by atoms with van der Waals surface area (Å²) >= 11 is 6.14. The highest BCUT2D eigenvalue weighted by atomic mass is 79.9. The van der Waals surface area contributed by atoms with Gasteiger partial charge in [0.25, 0.3) is 5.91 Å². The van der Waals surface area contributed by atoms with Gasteiger partial charge in [-0.3, -0.25) is 9.69 Å². The van der Waals surface area contributed by atoms with E-state index in [1.807, 2.05) is 17.5 Å². The third-order valence-electron chi connectivity index (χ3n) is 3.93. The van der Waals surface area contributed by atoms with Crippen LogP contribution in [0.3, 0.4) is 0 Å². The van der Waals surface area contributed by atoms with Crippen LogP contribution in [-0.2, 0) is 11.3 Å². The standard InChI is InChI=1S/C20H14BrN3O3S2/c21-14-5-6-17(25)13(9-14)10-18-19(26)24(12-15-3-1-7-27-15)20(29-18)23-22-11-16-4-2-8-28-16/h1-11,25H,12H2/b18-10-,22-11-,23-20+. The van der Waals surface area contributed by atoms with Crippen molar-refractivity contribution in [3.63, 3.8) is 0 Å². The van der Waals surface area contributed by atoms with Gasteiger partial charge in [-0.25, -0.2) is 0 Å². The first kappa shape index (κ1) is 19.7. The van der Waals surface area contributed by atoms with Crippen LogP contribution in [0.4, 0.5) is 0 Å². The maximum absolute atomic E-state index is 13.0. The normalized spacial score (nSPS) is 17.3. The van der Waals surface area contributed by atoms with Crippen LogP contribution in [0.1, 0.15) is 16.2 Å². The van der Waals surface area contributed by atoms with E-state index in [0.717, 1.165) is 9.35 Å². The van der Waals surface area contributed by atoms with Gasteiger partial charge in [0.2, 0.25) is 0 Å².